The Morgan fingerprint density at radius 2 is 2.24 bits per heavy atom. The van der Waals surface area contributed by atoms with Gasteiger partial charge in [0.05, 0.1) is 23.8 Å². The van der Waals surface area contributed by atoms with E-state index < -0.39 is 0 Å². The predicted molar refractivity (Wildman–Crippen MR) is 65.1 cm³/mol. The Bertz CT molecular complexity index is 705. The number of nitrogens with one attached hydrogen (secondary N) is 1. The third-order valence-electron chi connectivity index (χ3n) is 2.82. The van der Waals surface area contributed by atoms with Gasteiger partial charge in [-0.3, -0.25) is 4.57 Å². The zero-order chi connectivity index (χ0) is 11.8. The fourth-order valence-electron chi connectivity index (χ4n) is 1.99. The summed E-state index contributed by atoms with van der Waals surface area (Å²) < 4.78 is 6.94. The molecule has 0 bridgehead atoms. The summed E-state index contributed by atoms with van der Waals surface area (Å²) in [5.41, 5.74) is 2.78. The van der Waals surface area contributed by atoms with Crippen molar-refractivity contribution in [2.75, 3.05) is 0 Å². The molecule has 0 saturated heterocycles. The monoisotopic (exact) mass is 228 g/mol. The van der Waals surface area contributed by atoms with Crippen LogP contribution in [0.25, 0.3) is 11.0 Å². The quantitative estimate of drug-likeness (QED) is 0.731. The molecule has 0 fully saturated rings. The molecule has 3 rings (SSSR count). The van der Waals surface area contributed by atoms with Gasteiger partial charge in [0.25, 0.3) is 0 Å². The van der Waals surface area contributed by atoms with Gasteiger partial charge in [-0.25, -0.2) is 4.79 Å². The number of rotatable bonds is 2. The Labute approximate surface area is 97.5 Å². The Balaban J connectivity index is 2.16. The van der Waals surface area contributed by atoms with E-state index in [0.717, 1.165) is 22.4 Å². The lowest BCUT2D eigenvalue weighted by atomic mass is 10.2. The highest BCUT2D eigenvalue weighted by Crippen LogP contribution is 2.13. The maximum atomic E-state index is 11.8. The molecule has 3 aromatic rings. The van der Waals surface area contributed by atoms with Gasteiger partial charge in [0.1, 0.15) is 5.76 Å². The summed E-state index contributed by atoms with van der Waals surface area (Å²) in [7, 11) is 0. The standard InChI is InChI=1S/C13H12N2O2/c1-9-4-5-12-11(7-9)14-13(16)15(12)8-10-3-2-6-17-10/h2-7H,8H2,1H3,(H,14,16). The lowest BCUT2D eigenvalue weighted by Gasteiger charge is -2.00. The Morgan fingerprint density at radius 3 is 3.00 bits per heavy atom. The van der Waals surface area contributed by atoms with Crippen molar-refractivity contribution in [3.63, 3.8) is 0 Å². The van der Waals surface area contributed by atoms with E-state index in [0.29, 0.717) is 6.54 Å². The summed E-state index contributed by atoms with van der Waals surface area (Å²) in [6.45, 7) is 2.45. The Morgan fingerprint density at radius 1 is 1.35 bits per heavy atom. The molecule has 0 aliphatic heterocycles. The first-order chi connectivity index (χ1) is 8.24. The lowest BCUT2D eigenvalue weighted by molar-refractivity contribution is 0.493. The molecule has 4 heteroatoms. The topological polar surface area (TPSA) is 50.9 Å². The van der Waals surface area contributed by atoms with E-state index in [4.69, 9.17) is 4.42 Å². The Kier molecular flexibility index (Phi) is 2.14. The van der Waals surface area contributed by atoms with Crippen molar-refractivity contribution < 1.29 is 4.42 Å². The van der Waals surface area contributed by atoms with E-state index in [1.54, 1.807) is 10.8 Å². The molecule has 2 heterocycles. The second-order valence-electron chi connectivity index (χ2n) is 4.12. The molecule has 0 unspecified atom stereocenters. The van der Waals surface area contributed by atoms with Gasteiger partial charge in [0.15, 0.2) is 0 Å². The summed E-state index contributed by atoms with van der Waals surface area (Å²) in [5.74, 6) is 0.772. The zero-order valence-electron chi connectivity index (χ0n) is 9.43. The first-order valence-corrected chi connectivity index (χ1v) is 5.45. The van der Waals surface area contributed by atoms with Crippen LogP contribution in [0.4, 0.5) is 0 Å². The Hall–Kier alpha value is -2.23. The average Bonchev–Trinajstić information content (AvgIpc) is 2.88. The zero-order valence-corrected chi connectivity index (χ0v) is 9.43. The largest absolute Gasteiger partial charge is 0.467 e. The summed E-state index contributed by atoms with van der Waals surface area (Å²) in [4.78, 5) is 14.7. The molecule has 0 saturated carbocycles. The number of hydrogen-bond donors (Lipinski definition) is 1. The van der Waals surface area contributed by atoms with Gasteiger partial charge >= 0.3 is 5.69 Å². The van der Waals surface area contributed by atoms with Crippen LogP contribution in [-0.2, 0) is 6.54 Å². The molecule has 1 N–H and O–H groups in total. The van der Waals surface area contributed by atoms with Gasteiger partial charge in [-0.05, 0) is 36.8 Å². The lowest BCUT2D eigenvalue weighted by Crippen LogP contribution is -2.16. The van der Waals surface area contributed by atoms with E-state index in [2.05, 4.69) is 4.98 Å². The van der Waals surface area contributed by atoms with Crippen LogP contribution in [0.2, 0.25) is 0 Å². The van der Waals surface area contributed by atoms with Gasteiger partial charge in [0, 0.05) is 0 Å². The van der Waals surface area contributed by atoms with Crippen LogP contribution in [0.5, 0.6) is 0 Å². The fourth-order valence-corrected chi connectivity index (χ4v) is 1.99. The van der Waals surface area contributed by atoms with Crippen LogP contribution >= 0.6 is 0 Å². The molecule has 0 aliphatic carbocycles. The second-order valence-corrected chi connectivity index (χ2v) is 4.12. The van der Waals surface area contributed by atoms with E-state index in [1.165, 1.54) is 0 Å². The number of fused-ring (bicyclic) bond motifs is 1. The molecular formula is C13H12N2O2. The van der Waals surface area contributed by atoms with Crippen molar-refractivity contribution in [2.45, 2.75) is 13.5 Å². The second kappa shape index (κ2) is 3.66. The predicted octanol–water partition coefficient (Wildman–Crippen LogP) is 2.28. The first kappa shape index (κ1) is 9.96. The third kappa shape index (κ3) is 1.67. The minimum atomic E-state index is -0.109. The number of H-pyrrole nitrogens is 1. The number of aryl methyl sites for hydroxylation is 1. The molecule has 0 amide bonds. The van der Waals surface area contributed by atoms with Gasteiger partial charge < -0.3 is 9.40 Å². The van der Waals surface area contributed by atoms with Gasteiger partial charge in [-0.2, -0.15) is 0 Å². The molecule has 17 heavy (non-hydrogen) atoms. The van der Waals surface area contributed by atoms with Crippen molar-refractivity contribution >= 4 is 11.0 Å². The molecule has 0 atom stereocenters. The molecule has 0 aliphatic rings. The summed E-state index contributed by atoms with van der Waals surface area (Å²) >= 11 is 0. The number of imidazole rings is 1. The third-order valence-corrected chi connectivity index (χ3v) is 2.82. The molecule has 0 radical (unpaired) electrons. The number of hydrogen-bond acceptors (Lipinski definition) is 2. The highest BCUT2D eigenvalue weighted by atomic mass is 16.3. The first-order valence-electron chi connectivity index (χ1n) is 5.45. The smallest absolute Gasteiger partial charge is 0.326 e. The van der Waals surface area contributed by atoms with Crippen LogP contribution in [0.1, 0.15) is 11.3 Å². The maximum absolute atomic E-state index is 11.8. The number of benzene rings is 1. The molecule has 86 valence electrons. The van der Waals surface area contributed by atoms with Gasteiger partial charge in [-0.1, -0.05) is 6.07 Å². The van der Waals surface area contributed by atoms with E-state index >= 15 is 0 Å². The number of nitrogens with zero attached hydrogens (tertiary/aromatic N) is 1. The molecular weight excluding hydrogens is 216 g/mol. The van der Waals surface area contributed by atoms with Crippen molar-refractivity contribution in [3.05, 3.63) is 58.4 Å². The van der Waals surface area contributed by atoms with Crippen molar-refractivity contribution in [3.8, 4) is 0 Å². The van der Waals surface area contributed by atoms with Gasteiger partial charge in [-0.15, -0.1) is 0 Å². The van der Waals surface area contributed by atoms with Crippen LogP contribution in [-0.4, -0.2) is 9.55 Å². The number of aromatic nitrogens is 2. The van der Waals surface area contributed by atoms with Crippen LogP contribution in [0.15, 0.2) is 45.8 Å². The van der Waals surface area contributed by atoms with Gasteiger partial charge in [0.2, 0.25) is 0 Å². The molecule has 4 nitrogen and oxygen atoms in total. The van der Waals surface area contributed by atoms with Crippen molar-refractivity contribution in [1.29, 1.82) is 0 Å². The summed E-state index contributed by atoms with van der Waals surface area (Å²) in [6.07, 6.45) is 1.61. The fraction of sp³-hybridized carbons (Fsp3) is 0.154. The summed E-state index contributed by atoms with van der Waals surface area (Å²) in [6, 6.07) is 9.59. The van der Waals surface area contributed by atoms with E-state index in [9.17, 15) is 4.79 Å². The van der Waals surface area contributed by atoms with E-state index in [1.807, 2.05) is 37.3 Å². The van der Waals surface area contributed by atoms with Crippen molar-refractivity contribution in [1.82, 2.24) is 9.55 Å². The maximum Gasteiger partial charge on any atom is 0.326 e. The highest BCUT2D eigenvalue weighted by Gasteiger charge is 2.08. The normalized spacial score (nSPS) is 11.1. The highest BCUT2D eigenvalue weighted by molar-refractivity contribution is 5.76. The average molecular weight is 228 g/mol. The molecule has 2 aromatic heterocycles. The van der Waals surface area contributed by atoms with Crippen molar-refractivity contribution in [2.24, 2.45) is 0 Å². The van der Waals surface area contributed by atoms with E-state index in [-0.39, 0.29) is 5.69 Å². The van der Waals surface area contributed by atoms with Crippen LogP contribution in [0.3, 0.4) is 0 Å². The molecule has 1 aromatic carbocycles. The minimum absolute atomic E-state index is 0.109. The van der Waals surface area contributed by atoms with Crippen LogP contribution in [0, 0.1) is 6.92 Å². The number of aromatic amines is 1. The van der Waals surface area contributed by atoms with Crippen LogP contribution < -0.4 is 5.69 Å². The number of furan rings is 1. The minimum Gasteiger partial charge on any atom is -0.467 e. The SMILES string of the molecule is Cc1ccc2c(c1)[nH]c(=O)n2Cc1ccco1. The summed E-state index contributed by atoms with van der Waals surface area (Å²) in [5, 5.41) is 0. The molecule has 0 spiro atoms.